The fourth-order valence-corrected chi connectivity index (χ4v) is 4.68. The van der Waals surface area contributed by atoms with Gasteiger partial charge in [0.2, 0.25) is 5.91 Å². The van der Waals surface area contributed by atoms with E-state index in [1.165, 1.54) is 0 Å². The zero-order valence-electron chi connectivity index (χ0n) is 19.3. The van der Waals surface area contributed by atoms with E-state index in [9.17, 15) is 9.59 Å². The van der Waals surface area contributed by atoms with E-state index in [1.807, 2.05) is 67.1 Å². The third kappa shape index (κ3) is 4.70. The Morgan fingerprint density at radius 3 is 2.47 bits per heavy atom. The molecule has 0 saturated carbocycles. The second-order valence-corrected chi connectivity index (χ2v) is 9.94. The lowest BCUT2D eigenvalue weighted by molar-refractivity contribution is -0.176. The number of rotatable bonds is 4. The molecular weight excluding hydrogens is 402 g/mol. The van der Waals surface area contributed by atoms with Gasteiger partial charge in [-0.2, -0.15) is 0 Å². The van der Waals surface area contributed by atoms with Crippen LogP contribution in [0.4, 0.5) is 0 Å². The Morgan fingerprint density at radius 2 is 1.78 bits per heavy atom. The van der Waals surface area contributed by atoms with Crippen molar-refractivity contribution in [2.45, 2.75) is 45.6 Å². The van der Waals surface area contributed by atoms with Gasteiger partial charge < -0.3 is 14.5 Å². The molecule has 6 heteroatoms. The van der Waals surface area contributed by atoms with Gasteiger partial charge in [-0.05, 0) is 35.6 Å². The summed E-state index contributed by atoms with van der Waals surface area (Å²) in [5.41, 5.74) is 1.54. The summed E-state index contributed by atoms with van der Waals surface area (Å²) in [6.45, 7) is 8.45. The van der Waals surface area contributed by atoms with Crippen molar-refractivity contribution in [3.05, 3.63) is 54.4 Å². The van der Waals surface area contributed by atoms with Crippen LogP contribution in [0.5, 0.6) is 0 Å². The molecule has 32 heavy (non-hydrogen) atoms. The van der Waals surface area contributed by atoms with Crippen LogP contribution in [0.1, 0.15) is 39.2 Å². The van der Waals surface area contributed by atoms with Gasteiger partial charge in [-0.1, -0.05) is 51.1 Å². The summed E-state index contributed by atoms with van der Waals surface area (Å²) in [4.78, 5) is 34.8. The van der Waals surface area contributed by atoms with Gasteiger partial charge in [-0.15, -0.1) is 0 Å². The molecule has 3 heterocycles. The molecule has 2 aromatic rings. The van der Waals surface area contributed by atoms with Crippen molar-refractivity contribution in [2.75, 3.05) is 32.8 Å². The quantitative estimate of drug-likeness (QED) is 0.737. The average Bonchev–Trinajstić information content (AvgIpc) is 3.33. The number of morpholine rings is 1. The van der Waals surface area contributed by atoms with Crippen LogP contribution >= 0.6 is 0 Å². The molecule has 4 rings (SSSR count). The van der Waals surface area contributed by atoms with Crippen molar-refractivity contribution in [1.82, 2.24) is 14.8 Å². The fourth-order valence-electron chi connectivity index (χ4n) is 4.68. The standard InChI is InChI=1S/C26H33N3O3/c1-25(2,3)23(30)29-14-15-32-26(19-29,24(31)28-12-4-5-13-28)17-20-8-6-9-21(16-20)22-10-7-11-27-18-22/h6-11,16,18H,4-5,12-15,17,19H2,1-3H3. The van der Waals surface area contributed by atoms with Crippen molar-refractivity contribution in [3.8, 4) is 11.1 Å². The molecule has 2 aliphatic rings. The molecule has 0 spiro atoms. The third-order valence-corrected chi connectivity index (χ3v) is 6.31. The van der Waals surface area contributed by atoms with Crippen molar-refractivity contribution < 1.29 is 14.3 Å². The second-order valence-electron chi connectivity index (χ2n) is 9.94. The lowest BCUT2D eigenvalue weighted by atomic mass is 9.87. The minimum atomic E-state index is -1.06. The Labute approximate surface area is 190 Å². The van der Waals surface area contributed by atoms with Crippen LogP contribution in [0.2, 0.25) is 0 Å². The highest BCUT2D eigenvalue weighted by molar-refractivity contribution is 5.88. The normalized spacial score (nSPS) is 21.6. The van der Waals surface area contributed by atoms with Gasteiger partial charge in [-0.25, -0.2) is 0 Å². The summed E-state index contributed by atoms with van der Waals surface area (Å²) < 4.78 is 6.28. The molecular formula is C26H33N3O3. The Morgan fingerprint density at radius 1 is 1.03 bits per heavy atom. The van der Waals surface area contributed by atoms with Crippen LogP contribution in [-0.2, 0) is 20.7 Å². The van der Waals surface area contributed by atoms with Crippen molar-refractivity contribution in [3.63, 3.8) is 0 Å². The van der Waals surface area contributed by atoms with Crippen LogP contribution in [0.15, 0.2) is 48.8 Å². The summed E-state index contributed by atoms with van der Waals surface area (Å²) >= 11 is 0. The van der Waals surface area contributed by atoms with Crippen LogP contribution in [0.25, 0.3) is 11.1 Å². The summed E-state index contributed by atoms with van der Waals surface area (Å²) in [6, 6.07) is 12.1. The molecule has 2 amide bonds. The zero-order chi connectivity index (χ0) is 22.8. The van der Waals surface area contributed by atoms with Gasteiger partial charge in [0.15, 0.2) is 5.60 Å². The molecule has 0 N–H and O–H groups in total. The van der Waals surface area contributed by atoms with Crippen LogP contribution in [0, 0.1) is 5.41 Å². The van der Waals surface area contributed by atoms with Crippen molar-refractivity contribution >= 4 is 11.8 Å². The third-order valence-electron chi connectivity index (χ3n) is 6.31. The molecule has 1 aromatic carbocycles. The predicted octanol–water partition coefficient (Wildman–Crippen LogP) is 3.56. The van der Waals surface area contributed by atoms with Crippen LogP contribution in [0.3, 0.4) is 0 Å². The summed E-state index contributed by atoms with van der Waals surface area (Å²) in [7, 11) is 0. The van der Waals surface area contributed by atoms with Crippen molar-refractivity contribution in [1.29, 1.82) is 0 Å². The van der Waals surface area contributed by atoms with E-state index in [1.54, 1.807) is 6.20 Å². The van der Waals surface area contributed by atoms with Gasteiger partial charge in [0.25, 0.3) is 5.91 Å². The second kappa shape index (κ2) is 9.02. The molecule has 0 radical (unpaired) electrons. The molecule has 2 fully saturated rings. The number of pyridine rings is 1. The van der Waals surface area contributed by atoms with E-state index < -0.39 is 11.0 Å². The first kappa shape index (κ1) is 22.5. The number of carbonyl (C=O) groups excluding carboxylic acids is 2. The lowest BCUT2D eigenvalue weighted by Gasteiger charge is -2.44. The van der Waals surface area contributed by atoms with Gasteiger partial charge in [0.1, 0.15) is 0 Å². The first-order valence-electron chi connectivity index (χ1n) is 11.5. The Bertz CT molecular complexity index is 964. The number of aromatic nitrogens is 1. The van der Waals surface area contributed by atoms with Gasteiger partial charge in [0, 0.05) is 43.9 Å². The minimum Gasteiger partial charge on any atom is -0.361 e. The number of amides is 2. The smallest absolute Gasteiger partial charge is 0.257 e. The number of hydrogen-bond donors (Lipinski definition) is 0. The maximum Gasteiger partial charge on any atom is 0.257 e. The van der Waals surface area contributed by atoms with Gasteiger partial charge in [-0.3, -0.25) is 14.6 Å². The minimum absolute atomic E-state index is 0.00758. The molecule has 0 aliphatic carbocycles. The number of carbonyl (C=O) groups is 2. The molecule has 1 atom stereocenters. The molecule has 2 aliphatic heterocycles. The van der Waals surface area contributed by atoms with Crippen LogP contribution < -0.4 is 0 Å². The first-order valence-corrected chi connectivity index (χ1v) is 11.5. The number of nitrogens with zero attached hydrogens (tertiary/aromatic N) is 3. The van der Waals surface area contributed by atoms with E-state index in [0.717, 1.165) is 42.6 Å². The Hall–Kier alpha value is -2.73. The molecule has 170 valence electrons. The molecule has 1 unspecified atom stereocenters. The number of benzene rings is 1. The van der Waals surface area contributed by atoms with E-state index in [0.29, 0.717) is 19.6 Å². The molecule has 1 aromatic heterocycles. The topological polar surface area (TPSA) is 62.7 Å². The Balaban J connectivity index is 1.66. The molecule has 6 nitrogen and oxygen atoms in total. The number of likely N-dealkylation sites (tertiary alicyclic amines) is 1. The zero-order valence-corrected chi connectivity index (χ0v) is 19.3. The predicted molar refractivity (Wildman–Crippen MR) is 124 cm³/mol. The SMILES string of the molecule is CC(C)(C)C(=O)N1CCOC(Cc2cccc(-c3cccnc3)c2)(C(=O)N2CCCC2)C1. The van der Waals surface area contributed by atoms with E-state index in [4.69, 9.17) is 4.74 Å². The Kier molecular flexibility index (Phi) is 6.33. The summed E-state index contributed by atoms with van der Waals surface area (Å²) in [5, 5.41) is 0. The van der Waals surface area contributed by atoms with Crippen molar-refractivity contribution in [2.24, 2.45) is 5.41 Å². The molecule has 0 bridgehead atoms. The van der Waals surface area contributed by atoms with E-state index >= 15 is 0 Å². The summed E-state index contributed by atoms with van der Waals surface area (Å²) in [6.07, 6.45) is 6.06. The van der Waals surface area contributed by atoms with Crippen LogP contribution in [-0.4, -0.2) is 65.0 Å². The highest BCUT2D eigenvalue weighted by atomic mass is 16.5. The first-order chi connectivity index (χ1) is 15.3. The molecule has 2 saturated heterocycles. The highest BCUT2D eigenvalue weighted by Gasteiger charge is 2.48. The number of ether oxygens (including phenoxy) is 1. The van der Waals surface area contributed by atoms with Gasteiger partial charge >= 0.3 is 0 Å². The summed E-state index contributed by atoms with van der Waals surface area (Å²) in [5.74, 6) is 0.0664. The average molecular weight is 436 g/mol. The monoisotopic (exact) mass is 435 g/mol. The van der Waals surface area contributed by atoms with E-state index in [-0.39, 0.29) is 18.4 Å². The maximum absolute atomic E-state index is 13.8. The van der Waals surface area contributed by atoms with E-state index in [2.05, 4.69) is 11.1 Å². The fraction of sp³-hybridized carbons (Fsp3) is 0.500. The largest absolute Gasteiger partial charge is 0.361 e. The van der Waals surface area contributed by atoms with Gasteiger partial charge in [0.05, 0.1) is 13.2 Å². The maximum atomic E-state index is 13.8. The lowest BCUT2D eigenvalue weighted by Crippen LogP contribution is -2.63. The highest BCUT2D eigenvalue weighted by Crippen LogP contribution is 2.31. The number of hydrogen-bond acceptors (Lipinski definition) is 4.